The van der Waals surface area contributed by atoms with E-state index in [1.54, 1.807) is 6.07 Å². The number of carbonyl (C=O) groups is 1. The first kappa shape index (κ1) is 17.2. The Morgan fingerprint density at radius 2 is 1.72 bits per heavy atom. The summed E-state index contributed by atoms with van der Waals surface area (Å²) in [7, 11) is 0. The normalized spacial score (nSPS) is 10.5. The summed E-state index contributed by atoms with van der Waals surface area (Å²) in [6.07, 6.45) is 1.23. The minimum atomic E-state index is -0.610. The SMILES string of the molecule is O=C(Cn1ncc(Cl)c(Cl)c1=O)Nc1ccccc1-c1ccccc1. The standard InChI is InChI=1S/C18H13Cl2N3O2/c19-14-10-21-23(18(25)17(14)20)11-16(24)22-15-9-5-4-8-13(15)12-6-2-1-3-7-12/h1-10H,11H2,(H,22,24). The molecule has 0 atom stereocenters. The fourth-order valence-corrected chi connectivity index (χ4v) is 2.62. The molecule has 0 aliphatic rings. The average Bonchev–Trinajstić information content (AvgIpc) is 2.63. The fourth-order valence-electron chi connectivity index (χ4n) is 2.34. The van der Waals surface area contributed by atoms with Crippen LogP contribution in [-0.4, -0.2) is 15.7 Å². The van der Waals surface area contributed by atoms with E-state index in [1.165, 1.54) is 6.20 Å². The summed E-state index contributed by atoms with van der Waals surface area (Å²) < 4.78 is 0.967. The number of para-hydroxylation sites is 1. The van der Waals surface area contributed by atoms with Crippen molar-refractivity contribution in [3.63, 3.8) is 0 Å². The third kappa shape index (κ3) is 3.90. The third-order valence-electron chi connectivity index (χ3n) is 3.52. The smallest absolute Gasteiger partial charge is 0.287 e. The van der Waals surface area contributed by atoms with Crippen molar-refractivity contribution in [3.8, 4) is 11.1 Å². The number of amides is 1. The minimum absolute atomic E-state index is 0.0535. The molecule has 0 aliphatic heterocycles. The molecule has 0 spiro atoms. The van der Waals surface area contributed by atoms with Gasteiger partial charge in [0.05, 0.1) is 11.2 Å². The lowest BCUT2D eigenvalue weighted by molar-refractivity contribution is -0.117. The molecule has 7 heteroatoms. The molecule has 1 heterocycles. The van der Waals surface area contributed by atoms with Gasteiger partial charge in [-0.25, -0.2) is 4.68 Å². The molecule has 5 nitrogen and oxygen atoms in total. The Balaban J connectivity index is 1.83. The molecule has 126 valence electrons. The van der Waals surface area contributed by atoms with Gasteiger partial charge in [0.2, 0.25) is 5.91 Å². The molecule has 0 saturated heterocycles. The third-order valence-corrected chi connectivity index (χ3v) is 4.27. The summed E-state index contributed by atoms with van der Waals surface area (Å²) in [6.45, 7) is -0.265. The summed E-state index contributed by atoms with van der Waals surface area (Å²) >= 11 is 11.5. The maximum absolute atomic E-state index is 12.3. The molecule has 3 aromatic rings. The molecule has 0 fully saturated rings. The highest BCUT2D eigenvalue weighted by Gasteiger charge is 2.12. The second kappa shape index (κ2) is 7.51. The van der Waals surface area contributed by atoms with E-state index in [-0.39, 0.29) is 16.6 Å². The van der Waals surface area contributed by atoms with Crippen molar-refractivity contribution in [3.05, 3.63) is 81.2 Å². The van der Waals surface area contributed by atoms with Crippen LogP contribution in [0.15, 0.2) is 65.6 Å². The number of halogens is 2. The van der Waals surface area contributed by atoms with E-state index in [1.807, 2.05) is 48.5 Å². The predicted molar refractivity (Wildman–Crippen MR) is 99.0 cm³/mol. The van der Waals surface area contributed by atoms with Crippen LogP contribution in [0.1, 0.15) is 0 Å². The summed E-state index contributed by atoms with van der Waals surface area (Å²) in [5, 5.41) is 6.53. The number of hydrogen-bond donors (Lipinski definition) is 1. The number of nitrogens with one attached hydrogen (secondary N) is 1. The largest absolute Gasteiger partial charge is 0.324 e. The number of aromatic nitrogens is 2. The molecule has 1 aromatic heterocycles. The Labute approximate surface area is 153 Å². The molecule has 0 bridgehead atoms. The van der Waals surface area contributed by atoms with E-state index in [4.69, 9.17) is 23.2 Å². The van der Waals surface area contributed by atoms with Gasteiger partial charge in [0.1, 0.15) is 11.6 Å². The van der Waals surface area contributed by atoms with E-state index in [0.717, 1.165) is 15.8 Å². The summed E-state index contributed by atoms with van der Waals surface area (Å²) in [5.41, 5.74) is 1.89. The van der Waals surface area contributed by atoms with E-state index in [2.05, 4.69) is 10.4 Å². The topological polar surface area (TPSA) is 64.0 Å². The highest BCUT2D eigenvalue weighted by atomic mass is 35.5. The molecule has 1 amide bonds. The van der Waals surface area contributed by atoms with Crippen molar-refractivity contribution in [1.29, 1.82) is 0 Å². The van der Waals surface area contributed by atoms with Gasteiger partial charge in [-0.3, -0.25) is 9.59 Å². The summed E-state index contributed by atoms with van der Waals surface area (Å²) in [5.74, 6) is -0.392. The lowest BCUT2D eigenvalue weighted by atomic mass is 10.0. The average molecular weight is 374 g/mol. The first-order valence-corrected chi connectivity index (χ1v) is 8.17. The van der Waals surface area contributed by atoms with E-state index >= 15 is 0 Å². The fraction of sp³-hybridized carbons (Fsp3) is 0.0556. The van der Waals surface area contributed by atoms with Crippen LogP contribution in [0.25, 0.3) is 11.1 Å². The van der Waals surface area contributed by atoms with Crippen LogP contribution in [-0.2, 0) is 11.3 Å². The van der Waals surface area contributed by atoms with E-state index in [0.29, 0.717) is 5.69 Å². The molecule has 0 radical (unpaired) electrons. The highest BCUT2D eigenvalue weighted by molar-refractivity contribution is 6.41. The van der Waals surface area contributed by atoms with Crippen molar-refractivity contribution in [2.24, 2.45) is 0 Å². The molecular weight excluding hydrogens is 361 g/mol. The van der Waals surface area contributed by atoms with Crippen LogP contribution in [0.5, 0.6) is 0 Å². The van der Waals surface area contributed by atoms with Gasteiger partial charge in [0.25, 0.3) is 5.56 Å². The van der Waals surface area contributed by atoms with Gasteiger partial charge in [0.15, 0.2) is 0 Å². The summed E-state index contributed by atoms with van der Waals surface area (Å²) in [4.78, 5) is 24.3. The van der Waals surface area contributed by atoms with Crippen LogP contribution < -0.4 is 10.9 Å². The maximum Gasteiger partial charge on any atom is 0.287 e. The zero-order chi connectivity index (χ0) is 17.8. The van der Waals surface area contributed by atoms with Crippen molar-refractivity contribution in [2.75, 3.05) is 5.32 Å². The van der Waals surface area contributed by atoms with Gasteiger partial charge in [-0.1, -0.05) is 71.7 Å². The van der Waals surface area contributed by atoms with Crippen molar-refractivity contribution < 1.29 is 4.79 Å². The number of benzene rings is 2. The van der Waals surface area contributed by atoms with Crippen LogP contribution >= 0.6 is 23.2 Å². The number of carbonyl (C=O) groups excluding carboxylic acids is 1. The van der Waals surface area contributed by atoms with Crippen molar-refractivity contribution in [2.45, 2.75) is 6.54 Å². The van der Waals surface area contributed by atoms with Crippen LogP contribution in [0, 0.1) is 0 Å². The Morgan fingerprint density at radius 3 is 2.48 bits per heavy atom. The van der Waals surface area contributed by atoms with Crippen LogP contribution in [0.4, 0.5) is 5.69 Å². The van der Waals surface area contributed by atoms with Gasteiger partial charge in [0, 0.05) is 11.3 Å². The van der Waals surface area contributed by atoms with Crippen LogP contribution in [0.2, 0.25) is 10.0 Å². The number of rotatable bonds is 4. The second-order valence-electron chi connectivity index (χ2n) is 5.23. The van der Waals surface area contributed by atoms with Crippen molar-refractivity contribution in [1.82, 2.24) is 9.78 Å². The van der Waals surface area contributed by atoms with Gasteiger partial charge < -0.3 is 5.32 Å². The lowest BCUT2D eigenvalue weighted by Gasteiger charge is -2.12. The van der Waals surface area contributed by atoms with Gasteiger partial charge >= 0.3 is 0 Å². The highest BCUT2D eigenvalue weighted by Crippen LogP contribution is 2.27. The first-order valence-electron chi connectivity index (χ1n) is 7.41. The molecule has 25 heavy (non-hydrogen) atoms. The van der Waals surface area contributed by atoms with Gasteiger partial charge in [-0.2, -0.15) is 5.10 Å². The van der Waals surface area contributed by atoms with Crippen molar-refractivity contribution >= 4 is 34.8 Å². The number of nitrogens with zero attached hydrogens (tertiary/aromatic N) is 2. The lowest BCUT2D eigenvalue weighted by Crippen LogP contribution is -2.30. The zero-order valence-electron chi connectivity index (χ0n) is 12.9. The quantitative estimate of drug-likeness (QED) is 0.755. The van der Waals surface area contributed by atoms with Crippen LogP contribution in [0.3, 0.4) is 0 Å². The van der Waals surface area contributed by atoms with E-state index in [9.17, 15) is 9.59 Å². The summed E-state index contributed by atoms with van der Waals surface area (Å²) in [6, 6.07) is 17.1. The van der Waals surface area contributed by atoms with Gasteiger partial charge in [-0.05, 0) is 11.6 Å². The second-order valence-corrected chi connectivity index (χ2v) is 6.01. The molecule has 0 unspecified atom stereocenters. The Morgan fingerprint density at radius 1 is 1.04 bits per heavy atom. The zero-order valence-corrected chi connectivity index (χ0v) is 14.5. The molecule has 1 N–H and O–H groups in total. The Hall–Kier alpha value is -2.63. The number of anilines is 1. The molecule has 0 saturated carbocycles. The Kier molecular flexibility index (Phi) is 5.16. The number of hydrogen-bond acceptors (Lipinski definition) is 3. The Bertz CT molecular complexity index is 972. The van der Waals surface area contributed by atoms with E-state index < -0.39 is 11.5 Å². The molecular formula is C18H13Cl2N3O2. The molecule has 3 rings (SSSR count). The monoisotopic (exact) mass is 373 g/mol. The first-order chi connectivity index (χ1) is 12.1. The van der Waals surface area contributed by atoms with Gasteiger partial charge in [-0.15, -0.1) is 0 Å². The maximum atomic E-state index is 12.3. The molecule has 0 aliphatic carbocycles. The predicted octanol–water partition coefficient (Wildman–Crippen LogP) is 3.86. The molecule has 2 aromatic carbocycles. The minimum Gasteiger partial charge on any atom is -0.324 e.